The molecule has 3 atom stereocenters. The van der Waals surface area contributed by atoms with Gasteiger partial charge in [-0.1, -0.05) is 0 Å². The van der Waals surface area contributed by atoms with Gasteiger partial charge in [-0.25, -0.2) is 9.79 Å². The molecule has 0 spiro atoms. The summed E-state index contributed by atoms with van der Waals surface area (Å²) in [7, 11) is 0. The Morgan fingerprint density at radius 3 is 2.38 bits per heavy atom. The number of ether oxygens (including phenoxy) is 1. The molecule has 132 valence electrons. The number of carbonyl (C=O) groups excluding carboxylic acids is 2. The molecule has 12 nitrogen and oxygen atoms in total. The largest absolute Gasteiger partial charge is 0.480 e. The lowest BCUT2D eigenvalue weighted by molar-refractivity contribution is -0.145. The smallest absolute Gasteiger partial charge is 0.370 e. The van der Waals surface area contributed by atoms with Crippen LogP contribution in [0.5, 0.6) is 0 Å². The number of hydrogen-bond acceptors (Lipinski definition) is 6. The lowest BCUT2D eigenvalue weighted by Crippen LogP contribution is -2.58. The van der Waals surface area contributed by atoms with Crippen LogP contribution in [0, 0.1) is 0 Å². The van der Waals surface area contributed by atoms with Gasteiger partial charge in [0.15, 0.2) is 12.1 Å². The van der Waals surface area contributed by atoms with E-state index in [9.17, 15) is 19.2 Å². The molecule has 0 unspecified atom stereocenters. The van der Waals surface area contributed by atoms with Gasteiger partial charge in [0.05, 0.1) is 0 Å². The fourth-order valence-corrected chi connectivity index (χ4v) is 1.97. The second kappa shape index (κ2) is 7.80. The summed E-state index contributed by atoms with van der Waals surface area (Å²) in [6.45, 7) is 0.444. The van der Waals surface area contributed by atoms with Gasteiger partial charge in [-0.15, -0.1) is 0 Å². The van der Waals surface area contributed by atoms with Crippen molar-refractivity contribution >= 4 is 29.7 Å². The summed E-state index contributed by atoms with van der Waals surface area (Å²) < 4.78 is 5.06. The van der Waals surface area contributed by atoms with Crippen LogP contribution in [-0.2, 0) is 23.9 Å². The fraction of sp³-hybridized carbons (Fsp3) is 0.417. The Bertz CT molecular complexity index is 611. The first-order chi connectivity index (χ1) is 11.1. The summed E-state index contributed by atoms with van der Waals surface area (Å²) in [5.74, 6) is -5.31. The average molecular weight is 343 g/mol. The standard InChI is InChI=1S/C12H17N5O7/c1-4(18)16-8-5(17-12(13)14)2-6(11(22)23)24-9(8)10(21)15-3-7(19)20/h2,5,8-9H,3H2,1H3,(H,15,21)(H,16,18)(H,19,20)(H,22,23)(H4,13,14,17)/t5-,8+,9+/m0/s1. The molecular formula is C12H17N5O7. The third kappa shape index (κ3) is 5.15. The molecule has 0 aromatic carbocycles. The molecule has 0 radical (unpaired) electrons. The van der Waals surface area contributed by atoms with Crippen molar-refractivity contribution in [2.45, 2.75) is 25.1 Å². The lowest BCUT2D eigenvalue weighted by atomic mass is 9.97. The molecule has 1 rings (SSSR count). The molecule has 0 aromatic heterocycles. The Morgan fingerprint density at radius 2 is 1.92 bits per heavy atom. The maximum Gasteiger partial charge on any atom is 0.370 e. The van der Waals surface area contributed by atoms with Gasteiger partial charge in [0.1, 0.15) is 18.6 Å². The molecule has 0 aliphatic carbocycles. The van der Waals surface area contributed by atoms with Crippen molar-refractivity contribution in [3.05, 3.63) is 11.8 Å². The molecular weight excluding hydrogens is 326 g/mol. The van der Waals surface area contributed by atoms with Crippen molar-refractivity contribution < 1.29 is 34.1 Å². The van der Waals surface area contributed by atoms with Crippen molar-refractivity contribution in [1.29, 1.82) is 0 Å². The van der Waals surface area contributed by atoms with Gasteiger partial charge in [-0.2, -0.15) is 0 Å². The highest BCUT2D eigenvalue weighted by molar-refractivity contribution is 5.90. The van der Waals surface area contributed by atoms with Crippen LogP contribution >= 0.6 is 0 Å². The second-order valence-electron chi connectivity index (χ2n) is 4.76. The molecule has 12 heteroatoms. The zero-order chi connectivity index (χ0) is 18.4. The van der Waals surface area contributed by atoms with Gasteiger partial charge < -0.3 is 37.1 Å². The minimum absolute atomic E-state index is 0.400. The third-order valence-electron chi connectivity index (χ3n) is 2.82. The number of carbonyl (C=O) groups is 4. The van der Waals surface area contributed by atoms with E-state index >= 15 is 0 Å². The van der Waals surface area contributed by atoms with E-state index < -0.39 is 60.2 Å². The number of amides is 2. The molecule has 1 aliphatic heterocycles. The van der Waals surface area contributed by atoms with Gasteiger partial charge in [0.25, 0.3) is 5.91 Å². The number of hydrogen-bond donors (Lipinski definition) is 6. The van der Waals surface area contributed by atoms with Crippen LogP contribution in [0.2, 0.25) is 0 Å². The molecule has 1 heterocycles. The van der Waals surface area contributed by atoms with E-state index in [1.165, 1.54) is 0 Å². The van der Waals surface area contributed by atoms with Gasteiger partial charge in [-0.05, 0) is 6.08 Å². The van der Waals surface area contributed by atoms with Crippen molar-refractivity contribution in [2.75, 3.05) is 6.54 Å². The van der Waals surface area contributed by atoms with Gasteiger partial charge >= 0.3 is 11.9 Å². The average Bonchev–Trinajstić information content (AvgIpc) is 2.44. The molecule has 0 saturated heterocycles. The van der Waals surface area contributed by atoms with E-state index in [0.29, 0.717) is 0 Å². The van der Waals surface area contributed by atoms with Crippen LogP contribution in [0.4, 0.5) is 0 Å². The van der Waals surface area contributed by atoms with Crippen molar-refractivity contribution in [3.8, 4) is 0 Å². The molecule has 2 amide bonds. The highest BCUT2D eigenvalue weighted by Gasteiger charge is 2.41. The zero-order valence-corrected chi connectivity index (χ0v) is 12.6. The Labute approximate surface area is 135 Å². The monoisotopic (exact) mass is 343 g/mol. The number of nitrogens with zero attached hydrogens (tertiary/aromatic N) is 1. The molecule has 0 saturated carbocycles. The van der Waals surface area contributed by atoms with Crippen LogP contribution in [0.3, 0.4) is 0 Å². The van der Waals surface area contributed by atoms with E-state index in [1.54, 1.807) is 0 Å². The highest BCUT2D eigenvalue weighted by Crippen LogP contribution is 2.21. The van der Waals surface area contributed by atoms with E-state index in [1.807, 2.05) is 5.32 Å². The quantitative estimate of drug-likeness (QED) is 0.210. The Hall–Kier alpha value is -3.31. The third-order valence-corrected chi connectivity index (χ3v) is 2.82. The first kappa shape index (κ1) is 18.7. The number of nitrogens with two attached hydrogens (primary N) is 2. The lowest BCUT2D eigenvalue weighted by Gasteiger charge is -2.34. The number of guanidine groups is 1. The van der Waals surface area contributed by atoms with E-state index in [-0.39, 0.29) is 0 Å². The molecule has 8 N–H and O–H groups in total. The van der Waals surface area contributed by atoms with Crippen molar-refractivity contribution in [3.63, 3.8) is 0 Å². The fourth-order valence-electron chi connectivity index (χ4n) is 1.97. The molecule has 24 heavy (non-hydrogen) atoms. The van der Waals surface area contributed by atoms with Crippen LogP contribution in [-0.4, -0.2) is 64.7 Å². The Kier molecular flexibility index (Phi) is 6.09. The summed E-state index contributed by atoms with van der Waals surface area (Å²) in [4.78, 5) is 48.9. The summed E-state index contributed by atoms with van der Waals surface area (Å²) in [5, 5.41) is 22.1. The Morgan fingerprint density at radius 1 is 1.29 bits per heavy atom. The van der Waals surface area contributed by atoms with E-state index in [4.69, 9.17) is 26.4 Å². The predicted molar refractivity (Wildman–Crippen MR) is 78.4 cm³/mol. The number of nitrogens with one attached hydrogen (secondary N) is 2. The minimum atomic E-state index is -1.54. The summed E-state index contributed by atoms with van der Waals surface area (Å²) in [6.07, 6.45) is -0.513. The maximum absolute atomic E-state index is 12.1. The normalized spacial score (nSPS) is 22.4. The van der Waals surface area contributed by atoms with Crippen LogP contribution in [0.1, 0.15) is 6.92 Å². The first-order valence-corrected chi connectivity index (χ1v) is 6.59. The van der Waals surface area contributed by atoms with Gasteiger partial charge in [0, 0.05) is 6.92 Å². The summed E-state index contributed by atoms with van der Waals surface area (Å²) >= 11 is 0. The summed E-state index contributed by atoms with van der Waals surface area (Å²) in [5.41, 5.74) is 10.6. The van der Waals surface area contributed by atoms with Crippen LogP contribution in [0.25, 0.3) is 0 Å². The topological polar surface area (TPSA) is 206 Å². The predicted octanol–water partition coefficient (Wildman–Crippen LogP) is -3.30. The maximum atomic E-state index is 12.1. The molecule has 0 aromatic rings. The number of carboxylic acid groups (broad SMARTS) is 2. The van der Waals surface area contributed by atoms with Crippen molar-refractivity contribution in [2.24, 2.45) is 16.5 Å². The van der Waals surface area contributed by atoms with E-state index in [0.717, 1.165) is 13.0 Å². The Balaban J connectivity index is 3.20. The van der Waals surface area contributed by atoms with E-state index in [2.05, 4.69) is 10.3 Å². The number of carboxylic acids is 2. The molecule has 0 bridgehead atoms. The number of aliphatic imine (C=N–C) groups is 1. The SMILES string of the molecule is CC(=O)N[C@@H]1[C@@H](N=C(N)N)C=C(C(=O)O)O[C@H]1C(=O)NCC(=O)O. The van der Waals surface area contributed by atoms with Gasteiger partial charge in [0.2, 0.25) is 11.7 Å². The molecule has 0 fully saturated rings. The van der Waals surface area contributed by atoms with Crippen molar-refractivity contribution in [1.82, 2.24) is 10.6 Å². The number of rotatable bonds is 6. The molecule has 1 aliphatic rings. The van der Waals surface area contributed by atoms with Crippen LogP contribution in [0.15, 0.2) is 16.8 Å². The van der Waals surface area contributed by atoms with Crippen LogP contribution < -0.4 is 22.1 Å². The van der Waals surface area contributed by atoms with Gasteiger partial charge in [-0.3, -0.25) is 14.4 Å². The minimum Gasteiger partial charge on any atom is -0.480 e. The zero-order valence-electron chi connectivity index (χ0n) is 12.6. The highest BCUT2D eigenvalue weighted by atomic mass is 16.5. The summed E-state index contributed by atoms with van der Waals surface area (Å²) in [6, 6.07) is -2.24. The second-order valence-corrected chi connectivity index (χ2v) is 4.76. The first-order valence-electron chi connectivity index (χ1n) is 6.59. The number of aliphatic carboxylic acids is 2.